The fourth-order valence-corrected chi connectivity index (χ4v) is 5.03. The molecule has 0 spiro atoms. The zero-order valence-electron chi connectivity index (χ0n) is 20.6. The number of aromatic nitrogens is 1. The molecule has 188 valence electrons. The van der Waals surface area contributed by atoms with Gasteiger partial charge in [0.1, 0.15) is 13.2 Å². The number of anilines is 1. The third-order valence-corrected chi connectivity index (χ3v) is 6.74. The third-order valence-electron chi connectivity index (χ3n) is 6.74. The Morgan fingerprint density at radius 1 is 0.892 bits per heavy atom. The van der Waals surface area contributed by atoms with Crippen molar-refractivity contribution in [3.8, 4) is 28.7 Å². The van der Waals surface area contributed by atoms with Gasteiger partial charge in [-0.1, -0.05) is 24.3 Å². The molecule has 1 N–H and O–H groups in total. The predicted octanol–water partition coefficient (Wildman–Crippen LogP) is 5.40. The Bertz CT molecular complexity index is 1460. The zero-order chi connectivity index (χ0) is 25.4. The van der Waals surface area contributed by atoms with Crippen LogP contribution in [0.2, 0.25) is 0 Å². The largest absolute Gasteiger partial charge is 0.493 e. The van der Waals surface area contributed by atoms with Crippen molar-refractivity contribution in [1.82, 2.24) is 9.47 Å². The van der Waals surface area contributed by atoms with Crippen molar-refractivity contribution in [2.45, 2.75) is 12.6 Å². The molecule has 4 aromatic rings. The maximum Gasteiger partial charge on any atom is 0.322 e. The van der Waals surface area contributed by atoms with E-state index >= 15 is 0 Å². The third kappa shape index (κ3) is 4.10. The van der Waals surface area contributed by atoms with Crippen LogP contribution >= 0.6 is 0 Å². The molecule has 1 atom stereocenters. The van der Waals surface area contributed by atoms with Crippen molar-refractivity contribution in [1.29, 1.82) is 0 Å². The highest BCUT2D eigenvalue weighted by atomic mass is 16.6. The van der Waals surface area contributed by atoms with Crippen LogP contribution in [0.4, 0.5) is 10.5 Å². The molecule has 6 rings (SSSR count). The molecule has 2 aliphatic heterocycles. The monoisotopic (exact) mass is 497 g/mol. The number of benzene rings is 3. The summed E-state index contributed by atoms with van der Waals surface area (Å²) in [5, 5.41) is 3.08. The van der Waals surface area contributed by atoms with Crippen LogP contribution in [0, 0.1) is 0 Å². The second-order valence-electron chi connectivity index (χ2n) is 8.87. The summed E-state index contributed by atoms with van der Waals surface area (Å²) in [4.78, 5) is 15.8. The molecule has 1 aromatic heterocycles. The molecule has 0 saturated carbocycles. The highest BCUT2D eigenvalue weighted by Gasteiger charge is 2.33. The van der Waals surface area contributed by atoms with E-state index in [2.05, 4.69) is 22.0 Å². The molecule has 0 unspecified atom stereocenters. The number of carbonyl (C=O) groups excluding carboxylic acids is 1. The first-order valence-corrected chi connectivity index (χ1v) is 12.1. The van der Waals surface area contributed by atoms with Gasteiger partial charge >= 0.3 is 6.03 Å². The van der Waals surface area contributed by atoms with E-state index in [1.54, 1.807) is 20.3 Å². The second kappa shape index (κ2) is 9.46. The summed E-state index contributed by atoms with van der Waals surface area (Å²) in [6.07, 6.45) is 2.03. The highest BCUT2D eigenvalue weighted by molar-refractivity contribution is 5.90. The van der Waals surface area contributed by atoms with E-state index in [-0.39, 0.29) is 12.1 Å². The van der Waals surface area contributed by atoms with E-state index < -0.39 is 0 Å². The number of ether oxygens (including phenoxy) is 4. The number of nitrogens with zero attached hydrogens (tertiary/aromatic N) is 2. The Morgan fingerprint density at radius 3 is 2.54 bits per heavy atom. The van der Waals surface area contributed by atoms with Gasteiger partial charge in [0.05, 0.1) is 32.5 Å². The SMILES string of the molecule is COc1ccc([C@@H]2c3cccn3-c3ccccc3CN2C(=O)Nc2ccc3c(c2)OCCO3)cc1OC. The number of fused-ring (bicyclic) bond motifs is 4. The lowest BCUT2D eigenvalue weighted by Crippen LogP contribution is -2.38. The summed E-state index contributed by atoms with van der Waals surface area (Å²) in [6.45, 7) is 1.40. The summed E-state index contributed by atoms with van der Waals surface area (Å²) in [6, 6.07) is 22.8. The Labute approximate surface area is 214 Å². The van der Waals surface area contributed by atoms with Crippen molar-refractivity contribution in [3.05, 3.63) is 95.8 Å². The molecule has 8 heteroatoms. The van der Waals surface area contributed by atoms with Gasteiger partial charge in [-0.05, 0) is 53.6 Å². The van der Waals surface area contributed by atoms with E-state index in [0.29, 0.717) is 48.4 Å². The van der Waals surface area contributed by atoms with Gasteiger partial charge in [-0.25, -0.2) is 4.79 Å². The van der Waals surface area contributed by atoms with Gasteiger partial charge in [0.25, 0.3) is 0 Å². The van der Waals surface area contributed by atoms with Crippen molar-refractivity contribution >= 4 is 11.7 Å². The van der Waals surface area contributed by atoms with Gasteiger partial charge in [0.2, 0.25) is 0 Å². The van der Waals surface area contributed by atoms with E-state index in [9.17, 15) is 4.79 Å². The number of urea groups is 1. The van der Waals surface area contributed by atoms with Crippen LogP contribution in [0.15, 0.2) is 79.0 Å². The second-order valence-corrected chi connectivity index (χ2v) is 8.87. The van der Waals surface area contributed by atoms with Crippen LogP contribution in [0.3, 0.4) is 0 Å². The first kappa shape index (κ1) is 22.8. The minimum Gasteiger partial charge on any atom is -0.493 e. The van der Waals surface area contributed by atoms with Crippen molar-refractivity contribution in [2.24, 2.45) is 0 Å². The van der Waals surface area contributed by atoms with E-state index in [1.807, 2.05) is 65.7 Å². The average Bonchev–Trinajstić information content (AvgIpc) is 3.36. The molecule has 2 amide bonds. The lowest BCUT2D eigenvalue weighted by Gasteiger charge is -2.31. The van der Waals surface area contributed by atoms with Crippen LogP contribution in [0.25, 0.3) is 5.69 Å². The minimum atomic E-state index is -0.389. The minimum absolute atomic E-state index is 0.235. The predicted molar refractivity (Wildman–Crippen MR) is 139 cm³/mol. The molecule has 0 bridgehead atoms. The zero-order valence-corrected chi connectivity index (χ0v) is 20.6. The molecule has 0 fully saturated rings. The smallest absolute Gasteiger partial charge is 0.322 e. The van der Waals surface area contributed by atoms with Gasteiger partial charge in [-0.2, -0.15) is 0 Å². The number of nitrogens with one attached hydrogen (secondary N) is 1. The Balaban J connectivity index is 1.44. The van der Waals surface area contributed by atoms with Crippen LogP contribution in [0.5, 0.6) is 23.0 Å². The lowest BCUT2D eigenvalue weighted by atomic mass is 10.0. The summed E-state index contributed by atoms with van der Waals surface area (Å²) in [5.74, 6) is 2.53. The van der Waals surface area contributed by atoms with Crippen LogP contribution in [-0.4, -0.2) is 42.9 Å². The summed E-state index contributed by atoms with van der Waals surface area (Å²) in [7, 11) is 3.22. The van der Waals surface area contributed by atoms with E-state index in [1.165, 1.54) is 0 Å². The number of hydrogen-bond donors (Lipinski definition) is 1. The van der Waals surface area contributed by atoms with Gasteiger partial charge in [0, 0.05) is 23.6 Å². The molecule has 0 saturated heterocycles. The van der Waals surface area contributed by atoms with Crippen molar-refractivity contribution in [2.75, 3.05) is 32.8 Å². The van der Waals surface area contributed by atoms with E-state index in [0.717, 1.165) is 22.5 Å². The molecule has 3 heterocycles. The lowest BCUT2D eigenvalue weighted by molar-refractivity contribution is 0.171. The summed E-state index contributed by atoms with van der Waals surface area (Å²) in [5.41, 5.74) is 4.59. The molecule has 8 nitrogen and oxygen atoms in total. The fourth-order valence-electron chi connectivity index (χ4n) is 5.03. The van der Waals surface area contributed by atoms with Crippen LogP contribution in [-0.2, 0) is 6.54 Å². The normalized spacial score (nSPS) is 15.7. The molecule has 0 radical (unpaired) electrons. The van der Waals surface area contributed by atoms with Gasteiger partial charge in [0.15, 0.2) is 23.0 Å². The molecule has 3 aromatic carbocycles. The molecule has 2 aliphatic rings. The first-order valence-electron chi connectivity index (χ1n) is 12.1. The number of carbonyl (C=O) groups is 1. The van der Waals surface area contributed by atoms with Crippen LogP contribution in [0.1, 0.15) is 22.9 Å². The first-order chi connectivity index (χ1) is 18.2. The average molecular weight is 498 g/mol. The van der Waals surface area contributed by atoms with Crippen LogP contribution < -0.4 is 24.3 Å². The maximum absolute atomic E-state index is 14.0. The quantitative estimate of drug-likeness (QED) is 0.409. The van der Waals surface area contributed by atoms with E-state index in [4.69, 9.17) is 18.9 Å². The number of amides is 2. The summed E-state index contributed by atoms with van der Waals surface area (Å²) >= 11 is 0. The fraction of sp³-hybridized carbons (Fsp3) is 0.207. The molecular weight excluding hydrogens is 470 g/mol. The molecule has 37 heavy (non-hydrogen) atoms. The number of methoxy groups -OCH3 is 2. The Kier molecular flexibility index (Phi) is 5.84. The number of hydrogen-bond acceptors (Lipinski definition) is 5. The van der Waals surface area contributed by atoms with Gasteiger partial charge < -0.3 is 33.7 Å². The Morgan fingerprint density at radius 2 is 1.70 bits per heavy atom. The summed E-state index contributed by atoms with van der Waals surface area (Å²) < 4.78 is 24.5. The van der Waals surface area contributed by atoms with Crippen molar-refractivity contribution < 1.29 is 23.7 Å². The van der Waals surface area contributed by atoms with Gasteiger partial charge in [-0.15, -0.1) is 0 Å². The maximum atomic E-state index is 14.0. The Hall–Kier alpha value is -4.59. The highest BCUT2D eigenvalue weighted by Crippen LogP contribution is 2.40. The van der Waals surface area contributed by atoms with Crippen molar-refractivity contribution in [3.63, 3.8) is 0 Å². The standard InChI is InChI=1S/C29H27N3O5/c1-34-24-11-9-19(16-26(24)35-2)28-23-8-5-13-31(23)22-7-4-3-6-20(22)18-32(28)29(33)30-21-10-12-25-27(17-21)37-15-14-36-25/h3-13,16-17,28H,14-15,18H2,1-2H3,(H,30,33)/t28-/m1/s1. The topological polar surface area (TPSA) is 74.2 Å². The van der Waals surface area contributed by atoms with Gasteiger partial charge in [-0.3, -0.25) is 0 Å². The molecule has 0 aliphatic carbocycles. The number of rotatable bonds is 4. The number of para-hydroxylation sites is 1. The molecular formula is C29H27N3O5.